The fourth-order valence-corrected chi connectivity index (χ4v) is 3.89. The predicted octanol–water partition coefficient (Wildman–Crippen LogP) is 1.67. The number of rotatable bonds is 0. The van der Waals surface area contributed by atoms with Crippen molar-refractivity contribution >= 4 is 34.7 Å². The number of aliphatic hydroxyl groups excluding tert-OH is 1. The summed E-state index contributed by atoms with van der Waals surface area (Å²) in [5.74, 6) is 1.08. The average Bonchev–Trinajstić information content (AvgIpc) is 3.16. The number of carbonyl (C=O) groups is 1. The van der Waals surface area contributed by atoms with Crippen molar-refractivity contribution in [2.75, 3.05) is 52.2 Å². The molecule has 3 aromatic rings. The van der Waals surface area contributed by atoms with Crippen LogP contribution in [0.4, 0.5) is 11.5 Å². The summed E-state index contributed by atoms with van der Waals surface area (Å²) >= 11 is 0. The van der Waals surface area contributed by atoms with E-state index in [0.717, 1.165) is 5.56 Å². The first kappa shape index (κ1) is 24.4. The van der Waals surface area contributed by atoms with Gasteiger partial charge >= 0.3 is 0 Å². The normalized spacial score (nSPS) is 18.8. The van der Waals surface area contributed by atoms with Gasteiger partial charge in [0.05, 0.1) is 16.6 Å². The molecule has 3 heterocycles. The van der Waals surface area contributed by atoms with Crippen LogP contribution in [0.25, 0.3) is 11.0 Å². The van der Waals surface area contributed by atoms with Crippen LogP contribution in [0.3, 0.4) is 0 Å². The Labute approximate surface area is 203 Å². The van der Waals surface area contributed by atoms with Crippen LogP contribution in [-0.4, -0.2) is 100 Å². The zero-order valence-electron chi connectivity index (χ0n) is 20.2. The molecule has 1 unspecified atom stereocenters. The number of ether oxygens (including phenoxy) is 1. The lowest BCUT2D eigenvalue weighted by atomic mass is 10.2. The Kier molecular flexibility index (Phi) is 7.47. The molecule has 4 N–H and O–H groups in total. The number of amides is 1. The molecular formula is C24H31N7O4. The maximum absolute atomic E-state index is 12.5. The predicted molar refractivity (Wildman–Crippen MR) is 134 cm³/mol. The molecule has 0 spiro atoms. The third kappa shape index (κ3) is 5.87. The number of likely N-dealkylation sites (N-methyl/N-ethyl adjacent to an activating group) is 2. The van der Waals surface area contributed by atoms with Crippen molar-refractivity contribution in [3.8, 4) is 11.6 Å². The molecule has 186 valence electrons. The van der Waals surface area contributed by atoms with Crippen LogP contribution in [0.15, 0.2) is 29.5 Å². The Hall–Kier alpha value is -3.70. The molecule has 1 aliphatic rings. The van der Waals surface area contributed by atoms with Crippen LogP contribution in [0.2, 0.25) is 0 Å². The van der Waals surface area contributed by atoms with Crippen molar-refractivity contribution in [1.29, 1.82) is 0 Å². The van der Waals surface area contributed by atoms with Crippen LogP contribution in [-0.2, 0) is 4.79 Å². The van der Waals surface area contributed by atoms with Crippen molar-refractivity contribution < 1.29 is 19.7 Å². The number of aromatic amines is 1. The topological polar surface area (TPSA) is 139 Å². The quantitative estimate of drug-likeness (QED) is 0.380. The van der Waals surface area contributed by atoms with E-state index in [0.29, 0.717) is 66.5 Å². The highest BCUT2D eigenvalue weighted by atomic mass is 16.5. The van der Waals surface area contributed by atoms with Gasteiger partial charge in [0.2, 0.25) is 5.91 Å². The monoisotopic (exact) mass is 481 g/mol. The zero-order chi connectivity index (χ0) is 24.9. The van der Waals surface area contributed by atoms with Crippen molar-refractivity contribution in [1.82, 2.24) is 24.8 Å². The Morgan fingerprint density at radius 1 is 1.20 bits per heavy atom. The number of aromatic nitrogens is 3. The number of anilines is 1. The number of nitrogens with one attached hydrogen (secondary N) is 2. The Morgan fingerprint density at radius 3 is 2.86 bits per heavy atom. The summed E-state index contributed by atoms with van der Waals surface area (Å²) in [5.41, 5.74) is 2.46. The number of benzene rings is 1. The van der Waals surface area contributed by atoms with Gasteiger partial charge in [0, 0.05) is 51.9 Å². The molecule has 0 saturated heterocycles. The second-order valence-electron chi connectivity index (χ2n) is 8.76. The average molecular weight is 482 g/mol. The van der Waals surface area contributed by atoms with Gasteiger partial charge in [0.25, 0.3) is 0 Å². The lowest BCUT2D eigenvalue weighted by molar-refractivity contribution is -0.130. The van der Waals surface area contributed by atoms with E-state index < -0.39 is 6.10 Å². The number of aliphatic imine (C=N–C) groups is 1. The first-order valence-electron chi connectivity index (χ1n) is 11.5. The van der Waals surface area contributed by atoms with E-state index in [9.17, 15) is 15.0 Å². The number of aromatic hydroxyl groups is 1. The van der Waals surface area contributed by atoms with E-state index in [1.807, 2.05) is 31.0 Å². The maximum Gasteiger partial charge on any atom is 0.223 e. The minimum absolute atomic E-state index is 0.00572. The van der Waals surface area contributed by atoms with Gasteiger partial charge in [-0.2, -0.15) is 0 Å². The van der Waals surface area contributed by atoms with Crippen molar-refractivity contribution in [2.45, 2.75) is 19.4 Å². The minimum Gasteiger partial charge on any atom is -0.494 e. The summed E-state index contributed by atoms with van der Waals surface area (Å²) in [6.45, 7) is 3.87. The molecule has 1 aliphatic heterocycles. The van der Waals surface area contributed by atoms with Crippen LogP contribution >= 0.6 is 0 Å². The fraction of sp³-hybridized carbons (Fsp3) is 0.417. The van der Waals surface area contributed by atoms with E-state index in [1.54, 1.807) is 24.2 Å². The molecule has 0 radical (unpaired) electrons. The summed E-state index contributed by atoms with van der Waals surface area (Å²) in [7, 11) is 3.62. The van der Waals surface area contributed by atoms with Gasteiger partial charge in [-0.3, -0.25) is 9.79 Å². The lowest BCUT2D eigenvalue weighted by Gasteiger charge is -2.23. The highest BCUT2D eigenvalue weighted by Crippen LogP contribution is 2.30. The summed E-state index contributed by atoms with van der Waals surface area (Å²) < 4.78 is 5.87. The Balaban J connectivity index is 1.67. The van der Waals surface area contributed by atoms with E-state index in [4.69, 9.17) is 4.74 Å². The number of fused-ring (bicyclic) bond motifs is 2. The number of aryl methyl sites for hydroxylation is 1. The number of hydrogen-bond acceptors (Lipinski definition) is 9. The number of carbonyl (C=O) groups excluding carboxylic acids is 1. The van der Waals surface area contributed by atoms with Crippen molar-refractivity contribution in [2.24, 2.45) is 4.99 Å². The lowest BCUT2D eigenvalue weighted by Crippen LogP contribution is -2.37. The third-order valence-corrected chi connectivity index (χ3v) is 5.95. The van der Waals surface area contributed by atoms with Gasteiger partial charge in [0.15, 0.2) is 5.88 Å². The molecule has 11 nitrogen and oxygen atoms in total. The minimum atomic E-state index is -0.712. The molecule has 1 aromatic carbocycles. The summed E-state index contributed by atoms with van der Waals surface area (Å²) in [5, 5.41) is 24.8. The SMILES string of the molecule is Cc1ccc2cc1OCC(O)CN(C)CCC(=O)N(C)CCNc1ncnc3[nH]c(O)c(c13)C=N2. The van der Waals surface area contributed by atoms with E-state index in [2.05, 4.69) is 25.3 Å². The second kappa shape index (κ2) is 10.7. The van der Waals surface area contributed by atoms with Crippen molar-refractivity contribution in [3.05, 3.63) is 35.7 Å². The van der Waals surface area contributed by atoms with Gasteiger partial charge in [0.1, 0.15) is 36.3 Å². The third-order valence-electron chi connectivity index (χ3n) is 5.95. The first-order chi connectivity index (χ1) is 16.8. The molecule has 0 aliphatic carbocycles. The van der Waals surface area contributed by atoms with E-state index in [1.165, 1.54) is 6.33 Å². The highest BCUT2D eigenvalue weighted by Gasteiger charge is 2.17. The molecule has 0 fully saturated rings. The smallest absolute Gasteiger partial charge is 0.223 e. The van der Waals surface area contributed by atoms with Crippen LogP contribution in [0.5, 0.6) is 11.6 Å². The highest BCUT2D eigenvalue weighted by molar-refractivity contribution is 6.06. The maximum atomic E-state index is 12.5. The number of aliphatic hydroxyl groups is 1. The number of H-pyrrole nitrogens is 1. The van der Waals surface area contributed by atoms with Gasteiger partial charge in [-0.1, -0.05) is 6.07 Å². The summed E-state index contributed by atoms with van der Waals surface area (Å²) in [4.78, 5) is 32.1. The van der Waals surface area contributed by atoms with E-state index in [-0.39, 0.29) is 18.4 Å². The summed E-state index contributed by atoms with van der Waals surface area (Å²) in [6, 6.07) is 5.53. The van der Waals surface area contributed by atoms with Gasteiger partial charge < -0.3 is 35.1 Å². The van der Waals surface area contributed by atoms with Gasteiger partial charge in [-0.25, -0.2) is 9.97 Å². The Morgan fingerprint density at radius 2 is 2.03 bits per heavy atom. The first-order valence-corrected chi connectivity index (χ1v) is 11.5. The largest absolute Gasteiger partial charge is 0.494 e. The molecule has 2 aromatic heterocycles. The molecular weight excluding hydrogens is 450 g/mol. The molecule has 4 rings (SSSR count). The number of hydrogen-bond donors (Lipinski definition) is 4. The molecule has 1 amide bonds. The number of nitrogens with zero attached hydrogens (tertiary/aromatic N) is 5. The molecule has 35 heavy (non-hydrogen) atoms. The number of β-amino-alcohol motifs (C(OH)–C–C–N with tert-alkyl or cyclic N) is 1. The van der Waals surface area contributed by atoms with Gasteiger partial charge in [-0.15, -0.1) is 0 Å². The second-order valence-corrected chi connectivity index (χ2v) is 8.76. The molecule has 11 heteroatoms. The van der Waals surface area contributed by atoms with Crippen LogP contribution in [0, 0.1) is 6.92 Å². The molecule has 1 atom stereocenters. The Bertz CT molecular complexity index is 1230. The van der Waals surface area contributed by atoms with Crippen LogP contribution in [0.1, 0.15) is 17.5 Å². The summed E-state index contributed by atoms with van der Waals surface area (Å²) in [6.07, 6.45) is 2.58. The molecule has 0 saturated carbocycles. The van der Waals surface area contributed by atoms with E-state index >= 15 is 0 Å². The zero-order valence-corrected chi connectivity index (χ0v) is 20.2. The molecule has 2 bridgehead atoms. The fourth-order valence-electron chi connectivity index (χ4n) is 3.89. The standard InChI is InChI=1S/C24H31N7O4/c1-15-4-5-16-10-19(15)35-13-17(32)12-30(2)8-6-20(33)31(3)9-7-25-22-21-18(11-26-16)24(34)29-23(21)28-14-27-22/h4-5,10-11,14,17,32,34H,6-9,12-13H2,1-3H3,(H2,25,27,28,29). The van der Waals surface area contributed by atoms with Crippen LogP contribution < -0.4 is 10.1 Å². The van der Waals surface area contributed by atoms with Crippen molar-refractivity contribution in [3.63, 3.8) is 0 Å². The van der Waals surface area contributed by atoms with Gasteiger partial charge in [-0.05, 0) is 25.6 Å².